The summed E-state index contributed by atoms with van der Waals surface area (Å²) in [5, 5.41) is 0. The second-order valence-corrected chi connectivity index (χ2v) is 8.95. The third kappa shape index (κ3) is 4.26. The van der Waals surface area contributed by atoms with E-state index in [1.807, 2.05) is 17.0 Å². The molecule has 164 valence electrons. The predicted molar refractivity (Wildman–Crippen MR) is 114 cm³/mol. The summed E-state index contributed by atoms with van der Waals surface area (Å²) in [6.45, 7) is 5.44. The molecule has 0 radical (unpaired) electrons. The minimum atomic E-state index is 0.105. The highest BCUT2D eigenvalue weighted by Crippen LogP contribution is 2.40. The molecule has 0 aliphatic carbocycles. The Morgan fingerprint density at radius 2 is 1.93 bits per heavy atom. The Kier molecular flexibility index (Phi) is 6.18. The zero-order chi connectivity index (χ0) is 21.1. The number of amides is 2. The first-order chi connectivity index (χ1) is 14.5. The number of benzene rings is 1. The second-order valence-electron chi connectivity index (χ2n) is 8.95. The van der Waals surface area contributed by atoms with E-state index in [0.717, 1.165) is 82.0 Å². The Bertz CT molecular complexity index is 799. The van der Waals surface area contributed by atoms with Gasteiger partial charge in [0, 0.05) is 50.1 Å². The molecule has 0 unspecified atom stereocenters. The van der Waals surface area contributed by atoms with Gasteiger partial charge in [-0.05, 0) is 38.3 Å². The van der Waals surface area contributed by atoms with Gasteiger partial charge < -0.3 is 19.3 Å². The highest BCUT2D eigenvalue weighted by molar-refractivity contribution is 5.86. The number of para-hydroxylation sites is 1. The molecule has 3 saturated heterocycles. The summed E-state index contributed by atoms with van der Waals surface area (Å²) in [5.41, 5.74) is 1.29. The Balaban J connectivity index is 1.38. The first-order valence-corrected chi connectivity index (χ1v) is 11.0. The van der Waals surface area contributed by atoms with Crippen LogP contribution in [0.4, 0.5) is 0 Å². The lowest BCUT2D eigenvalue weighted by Gasteiger charge is -2.40. The molecule has 4 rings (SSSR count). The van der Waals surface area contributed by atoms with Crippen LogP contribution in [0.25, 0.3) is 0 Å². The number of nitrogens with zero attached hydrogens (tertiary/aromatic N) is 3. The smallest absolute Gasteiger partial charge is 0.242 e. The molecular weight excluding hydrogens is 382 g/mol. The Hall–Kier alpha value is -2.28. The average molecular weight is 416 g/mol. The SMILES string of the molecule is COc1cccc(CN2CCC[C@@]3(CCN(C(=O)CN4CCCC4=O)C3)C2)c1OC. The van der Waals surface area contributed by atoms with E-state index in [-0.39, 0.29) is 23.8 Å². The lowest BCUT2D eigenvalue weighted by Crippen LogP contribution is -2.46. The maximum atomic E-state index is 12.8. The normalized spacial score (nSPS) is 24.7. The zero-order valence-electron chi connectivity index (χ0n) is 18.2. The van der Waals surface area contributed by atoms with Gasteiger partial charge >= 0.3 is 0 Å². The van der Waals surface area contributed by atoms with Crippen molar-refractivity contribution in [3.8, 4) is 11.5 Å². The minimum absolute atomic E-state index is 0.105. The lowest BCUT2D eigenvalue weighted by molar-refractivity contribution is -0.138. The number of hydrogen-bond acceptors (Lipinski definition) is 5. The summed E-state index contributed by atoms with van der Waals surface area (Å²) in [6, 6.07) is 6.03. The number of hydrogen-bond donors (Lipinski definition) is 0. The van der Waals surface area contributed by atoms with E-state index >= 15 is 0 Å². The van der Waals surface area contributed by atoms with Crippen LogP contribution in [-0.2, 0) is 16.1 Å². The molecule has 1 atom stereocenters. The number of carbonyl (C=O) groups is 2. The van der Waals surface area contributed by atoms with Crippen LogP contribution in [0.15, 0.2) is 18.2 Å². The number of methoxy groups -OCH3 is 2. The Labute approximate surface area is 178 Å². The van der Waals surface area contributed by atoms with Gasteiger partial charge in [0.25, 0.3) is 0 Å². The van der Waals surface area contributed by atoms with Gasteiger partial charge in [0.15, 0.2) is 11.5 Å². The van der Waals surface area contributed by atoms with E-state index in [9.17, 15) is 9.59 Å². The van der Waals surface area contributed by atoms with Gasteiger partial charge in [-0.25, -0.2) is 0 Å². The van der Waals surface area contributed by atoms with Crippen LogP contribution < -0.4 is 9.47 Å². The molecule has 0 N–H and O–H groups in total. The molecule has 3 aliphatic rings. The van der Waals surface area contributed by atoms with E-state index in [1.54, 1.807) is 19.1 Å². The fourth-order valence-electron chi connectivity index (χ4n) is 5.38. The molecule has 1 aromatic rings. The van der Waals surface area contributed by atoms with Gasteiger partial charge in [-0.3, -0.25) is 14.5 Å². The van der Waals surface area contributed by atoms with Gasteiger partial charge in [0.05, 0.1) is 20.8 Å². The summed E-state index contributed by atoms with van der Waals surface area (Å²) in [5.74, 6) is 1.79. The monoisotopic (exact) mass is 415 g/mol. The van der Waals surface area contributed by atoms with Crippen LogP contribution in [0.2, 0.25) is 0 Å². The van der Waals surface area contributed by atoms with Crippen molar-refractivity contribution in [2.45, 2.75) is 38.6 Å². The van der Waals surface area contributed by atoms with Crippen LogP contribution in [0.5, 0.6) is 11.5 Å². The van der Waals surface area contributed by atoms with Gasteiger partial charge in [0.2, 0.25) is 11.8 Å². The van der Waals surface area contributed by atoms with Crippen LogP contribution in [-0.4, -0.2) is 80.0 Å². The topological polar surface area (TPSA) is 62.3 Å². The van der Waals surface area contributed by atoms with Crippen molar-refractivity contribution in [3.05, 3.63) is 23.8 Å². The summed E-state index contributed by atoms with van der Waals surface area (Å²) in [6.07, 6.45) is 4.79. The Morgan fingerprint density at radius 3 is 2.67 bits per heavy atom. The van der Waals surface area contributed by atoms with Crippen molar-refractivity contribution < 1.29 is 19.1 Å². The van der Waals surface area contributed by atoms with Crippen molar-refractivity contribution in [1.29, 1.82) is 0 Å². The largest absolute Gasteiger partial charge is 0.493 e. The number of carbonyl (C=O) groups excluding carboxylic acids is 2. The van der Waals surface area contributed by atoms with Gasteiger partial charge in [-0.15, -0.1) is 0 Å². The molecule has 2 amide bonds. The molecule has 1 aromatic carbocycles. The van der Waals surface area contributed by atoms with Crippen molar-refractivity contribution in [2.24, 2.45) is 5.41 Å². The van der Waals surface area contributed by atoms with Crippen LogP contribution in [0.1, 0.15) is 37.7 Å². The zero-order valence-corrected chi connectivity index (χ0v) is 18.2. The number of likely N-dealkylation sites (tertiary alicyclic amines) is 3. The van der Waals surface area contributed by atoms with Gasteiger partial charge in [0.1, 0.15) is 0 Å². The highest BCUT2D eigenvalue weighted by atomic mass is 16.5. The summed E-state index contributed by atoms with van der Waals surface area (Å²) in [4.78, 5) is 30.8. The molecular formula is C23H33N3O4. The van der Waals surface area contributed by atoms with Gasteiger partial charge in [-0.1, -0.05) is 12.1 Å². The number of rotatable bonds is 6. The van der Waals surface area contributed by atoms with Crippen molar-refractivity contribution in [2.75, 3.05) is 53.5 Å². The van der Waals surface area contributed by atoms with E-state index in [4.69, 9.17) is 9.47 Å². The Morgan fingerprint density at radius 1 is 1.07 bits per heavy atom. The molecule has 30 heavy (non-hydrogen) atoms. The highest BCUT2D eigenvalue weighted by Gasteiger charge is 2.43. The fraction of sp³-hybridized carbons (Fsp3) is 0.652. The first-order valence-electron chi connectivity index (χ1n) is 11.0. The van der Waals surface area contributed by atoms with E-state index in [1.165, 1.54) is 0 Å². The summed E-state index contributed by atoms with van der Waals surface area (Å²) < 4.78 is 11.1. The third-order valence-electron chi connectivity index (χ3n) is 6.91. The van der Waals surface area contributed by atoms with E-state index in [0.29, 0.717) is 6.42 Å². The molecule has 3 fully saturated rings. The lowest BCUT2D eigenvalue weighted by atomic mass is 9.79. The van der Waals surface area contributed by atoms with Crippen LogP contribution in [0.3, 0.4) is 0 Å². The second kappa shape index (κ2) is 8.84. The number of piperidine rings is 1. The first kappa shape index (κ1) is 21.0. The minimum Gasteiger partial charge on any atom is -0.493 e. The van der Waals surface area contributed by atoms with Crippen molar-refractivity contribution in [3.63, 3.8) is 0 Å². The number of ether oxygens (including phenoxy) is 2. The summed E-state index contributed by atoms with van der Waals surface area (Å²) in [7, 11) is 3.35. The molecule has 0 aromatic heterocycles. The fourth-order valence-corrected chi connectivity index (χ4v) is 5.38. The predicted octanol–water partition coefficient (Wildman–Crippen LogP) is 2.14. The molecule has 0 saturated carbocycles. The van der Waals surface area contributed by atoms with Crippen LogP contribution >= 0.6 is 0 Å². The maximum absolute atomic E-state index is 12.8. The molecule has 0 bridgehead atoms. The quantitative estimate of drug-likeness (QED) is 0.712. The molecule has 3 aliphatic heterocycles. The third-order valence-corrected chi connectivity index (χ3v) is 6.91. The van der Waals surface area contributed by atoms with E-state index < -0.39 is 0 Å². The van der Waals surface area contributed by atoms with Crippen molar-refractivity contribution >= 4 is 11.8 Å². The van der Waals surface area contributed by atoms with Crippen LogP contribution in [0, 0.1) is 5.41 Å². The molecule has 1 spiro atoms. The summed E-state index contributed by atoms with van der Waals surface area (Å²) >= 11 is 0. The van der Waals surface area contributed by atoms with E-state index in [2.05, 4.69) is 11.0 Å². The van der Waals surface area contributed by atoms with Gasteiger partial charge in [-0.2, -0.15) is 0 Å². The maximum Gasteiger partial charge on any atom is 0.242 e. The van der Waals surface area contributed by atoms with Crippen molar-refractivity contribution in [1.82, 2.24) is 14.7 Å². The average Bonchev–Trinajstić information content (AvgIpc) is 3.34. The standard InChI is InChI=1S/C23H33N3O4/c1-29-19-7-3-6-18(22(19)30-2)14-24-11-5-9-23(16-24)10-13-26(17-23)21(28)15-25-12-4-8-20(25)27/h3,6-7H,4-5,8-17H2,1-2H3/t23-/m1/s1. The molecule has 3 heterocycles. The molecule has 7 nitrogen and oxygen atoms in total. The molecule has 7 heteroatoms.